The summed E-state index contributed by atoms with van der Waals surface area (Å²) in [6, 6.07) is 5.81. The smallest absolute Gasteiger partial charge is 0.416 e. The molecule has 49 heavy (non-hydrogen) atoms. The van der Waals surface area contributed by atoms with Crippen molar-refractivity contribution < 1.29 is 54.5 Å². The van der Waals surface area contributed by atoms with Crippen molar-refractivity contribution in [2.75, 3.05) is 20.8 Å². The Morgan fingerprint density at radius 2 is 1.65 bits per heavy atom. The number of carbonyl (C=O) groups is 2. The number of esters is 1. The molecule has 2 aliphatic rings. The summed E-state index contributed by atoms with van der Waals surface area (Å²) in [5.74, 6) is -1.17. The molecular formula is C35H33F7N2O5. The van der Waals surface area contributed by atoms with E-state index in [2.05, 4.69) is 9.72 Å². The molecule has 0 saturated carbocycles. The molecule has 1 fully saturated rings. The molecule has 0 radical (unpaired) electrons. The first-order valence-electron chi connectivity index (χ1n) is 15.2. The molecule has 5 rings (SSSR count). The third-order valence-electron chi connectivity index (χ3n) is 8.93. The van der Waals surface area contributed by atoms with E-state index >= 15 is 4.39 Å². The largest absolute Gasteiger partial charge is 0.481 e. The number of alkyl halides is 6. The number of ether oxygens (including phenoxy) is 3. The standard InChI is InChI=1S/C35H33F7N2O5/c1-18-29(20-10-23(34(37,38)39)14-24(11-20)35(40,41)42)49-32(46)44(18)17-22-15-33(2,3)9-8-25(22)27-12-21(16-43-30(27)47-4)26-7-6-19(13-28(26)36)31(45)48-5/h6-7,10-14,16,18,29H,8-9,15,17H2,1-5H3/t18-,29?/m0/s1. The van der Waals surface area contributed by atoms with Crippen molar-refractivity contribution in [1.29, 1.82) is 0 Å². The Morgan fingerprint density at radius 1 is 1.00 bits per heavy atom. The summed E-state index contributed by atoms with van der Waals surface area (Å²) in [5.41, 5.74) is -1.10. The summed E-state index contributed by atoms with van der Waals surface area (Å²) in [4.78, 5) is 30.8. The Hall–Kier alpha value is -4.62. The van der Waals surface area contributed by atoms with E-state index in [1.165, 1.54) is 44.4 Å². The number of aromatic nitrogens is 1. The molecule has 2 aromatic carbocycles. The van der Waals surface area contributed by atoms with Gasteiger partial charge in [0, 0.05) is 29.4 Å². The normalized spacial score (nSPS) is 19.6. The van der Waals surface area contributed by atoms with Crippen LogP contribution < -0.4 is 4.74 Å². The molecule has 0 N–H and O–H groups in total. The molecule has 7 nitrogen and oxygen atoms in total. The molecule has 1 aromatic heterocycles. The highest BCUT2D eigenvalue weighted by molar-refractivity contribution is 5.90. The predicted molar refractivity (Wildman–Crippen MR) is 164 cm³/mol. The SMILES string of the molecule is COC(=O)c1ccc(-c2cnc(OC)c(C3=C(CN4C(=O)OC(c5cc(C(F)(F)F)cc(C(F)(F)F)c5)[C@@H]4C)CC(C)(C)CC3)c2)c(F)c1. The topological polar surface area (TPSA) is 78.0 Å². The summed E-state index contributed by atoms with van der Waals surface area (Å²) in [5, 5.41) is 0. The number of hydrogen-bond donors (Lipinski definition) is 0. The lowest BCUT2D eigenvalue weighted by molar-refractivity contribution is -0.143. The zero-order chi connectivity index (χ0) is 36.1. The molecule has 1 aliphatic carbocycles. The lowest BCUT2D eigenvalue weighted by Gasteiger charge is -2.35. The first-order valence-corrected chi connectivity index (χ1v) is 15.2. The summed E-state index contributed by atoms with van der Waals surface area (Å²) < 4.78 is 112. The fourth-order valence-corrected chi connectivity index (χ4v) is 6.37. The maximum absolute atomic E-state index is 15.2. The van der Waals surface area contributed by atoms with Crippen LogP contribution >= 0.6 is 0 Å². The number of nitrogens with zero attached hydrogens (tertiary/aromatic N) is 2. The van der Waals surface area contributed by atoms with Crippen molar-refractivity contribution in [1.82, 2.24) is 9.88 Å². The van der Waals surface area contributed by atoms with Crippen molar-refractivity contribution >= 4 is 17.6 Å². The minimum Gasteiger partial charge on any atom is -0.481 e. The number of hydrogen-bond acceptors (Lipinski definition) is 6. The van der Waals surface area contributed by atoms with Crippen molar-refractivity contribution in [3.05, 3.63) is 87.9 Å². The third kappa shape index (κ3) is 7.37. The Labute approximate surface area is 277 Å². The molecule has 0 bridgehead atoms. The molecule has 2 atom stereocenters. The van der Waals surface area contributed by atoms with Crippen LogP contribution in [0.25, 0.3) is 16.7 Å². The fourth-order valence-electron chi connectivity index (χ4n) is 6.37. The van der Waals surface area contributed by atoms with Crippen LogP contribution in [-0.2, 0) is 21.8 Å². The van der Waals surface area contributed by atoms with Crippen LogP contribution in [-0.4, -0.2) is 48.8 Å². The number of benzene rings is 2. The van der Waals surface area contributed by atoms with Gasteiger partial charge in [0.25, 0.3) is 0 Å². The number of carbonyl (C=O) groups excluding carboxylic acids is 2. The van der Waals surface area contributed by atoms with Gasteiger partial charge in [-0.1, -0.05) is 19.9 Å². The van der Waals surface area contributed by atoms with Gasteiger partial charge in [-0.2, -0.15) is 26.3 Å². The van der Waals surface area contributed by atoms with Gasteiger partial charge >= 0.3 is 24.4 Å². The predicted octanol–water partition coefficient (Wildman–Crippen LogP) is 9.27. The lowest BCUT2D eigenvalue weighted by Crippen LogP contribution is -2.35. The van der Waals surface area contributed by atoms with Crippen molar-refractivity contribution in [2.45, 2.75) is 64.5 Å². The van der Waals surface area contributed by atoms with Crippen LogP contribution in [0.1, 0.15) is 78.7 Å². The third-order valence-corrected chi connectivity index (χ3v) is 8.93. The second kappa shape index (κ2) is 13.0. The molecule has 1 aliphatic heterocycles. The van der Waals surface area contributed by atoms with Gasteiger partial charge in [0.2, 0.25) is 5.88 Å². The van der Waals surface area contributed by atoms with Gasteiger partial charge in [-0.25, -0.2) is 19.0 Å². The van der Waals surface area contributed by atoms with Crippen molar-refractivity contribution in [2.24, 2.45) is 5.41 Å². The van der Waals surface area contributed by atoms with E-state index in [4.69, 9.17) is 9.47 Å². The summed E-state index contributed by atoms with van der Waals surface area (Å²) in [6.45, 7) is 5.52. The van der Waals surface area contributed by atoms with Gasteiger partial charge in [0.1, 0.15) is 11.9 Å². The van der Waals surface area contributed by atoms with Gasteiger partial charge < -0.3 is 14.2 Å². The fraction of sp³-hybridized carbons (Fsp3) is 0.400. The van der Waals surface area contributed by atoms with Crippen molar-refractivity contribution in [3.63, 3.8) is 0 Å². The van der Waals surface area contributed by atoms with E-state index in [1.54, 1.807) is 6.07 Å². The second-order valence-corrected chi connectivity index (χ2v) is 12.9. The van der Waals surface area contributed by atoms with Gasteiger partial charge in [-0.15, -0.1) is 0 Å². The Kier molecular flexibility index (Phi) is 9.48. The highest BCUT2D eigenvalue weighted by Crippen LogP contribution is 2.47. The Morgan fingerprint density at radius 3 is 2.22 bits per heavy atom. The van der Waals surface area contributed by atoms with Gasteiger partial charge in [-0.05, 0) is 84.7 Å². The number of halogens is 7. The Bertz CT molecular complexity index is 1780. The summed E-state index contributed by atoms with van der Waals surface area (Å²) >= 11 is 0. The Balaban J connectivity index is 1.54. The molecule has 0 spiro atoms. The zero-order valence-electron chi connectivity index (χ0n) is 27.2. The maximum Gasteiger partial charge on any atom is 0.416 e. The molecule has 262 valence electrons. The quantitative estimate of drug-likeness (QED) is 0.181. The van der Waals surface area contributed by atoms with Crippen LogP contribution in [0, 0.1) is 11.2 Å². The number of allylic oxidation sites excluding steroid dienone is 1. The maximum atomic E-state index is 15.2. The second-order valence-electron chi connectivity index (χ2n) is 12.9. The number of methoxy groups -OCH3 is 2. The number of amides is 1. The molecule has 1 saturated heterocycles. The molecule has 1 unspecified atom stereocenters. The van der Waals surface area contributed by atoms with Gasteiger partial charge in [0.15, 0.2) is 0 Å². The number of cyclic esters (lactones) is 1. The van der Waals surface area contributed by atoms with Crippen molar-refractivity contribution in [3.8, 4) is 17.0 Å². The first-order chi connectivity index (χ1) is 22.8. The van der Waals surface area contributed by atoms with Gasteiger partial charge in [-0.3, -0.25) is 4.90 Å². The van der Waals surface area contributed by atoms with Crippen LogP contribution in [0.5, 0.6) is 5.88 Å². The van der Waals surface area contributed by atoms with E-state index in [-0.39, 0.29) is 35.0 Å². The average molecular weight is 695 g/mol. The zero-order valence-corrected chi connectivity index (χ0v) is 27.2. The summed E-state index contributed by atoms with van der Waals surface area (Å²) in [7, 11) is 2.60. The van der Waals surface area contributed by atoms with Crippen LogP contribution in [0.15, 0.2) is 54.2 Å². The lowest BCUT2D eigenvalue weighted by atomic mass is 9.72. The minimum absolute atomic E-state index is 0.0228. The minimum atomic E-state index is -5.07. The molecule has 3 aromatic rings. The number of rotatable bonds is 7. The van der Waals surface area contributed by atoms with E-state index in [0.29, 0.717) is 42.5 Å². The monoisotopic (exact) mass is 694 g/mol. The molecular weight excluding hydrogens is 661 g/mol. The van der Waals surface area contributed by atoms with E-state index in [1.807, 2.05) is 13.8 Å². The highest BCUT2D eigenvalue weighted by atomic mass is 19.4. The van der Waals surface area contributed by atoms with Crippen LogP contribution in [0.2, 0.25) is 0 Å². The van der Waals surface area contributed by atoms with E-state index in [9.17, 15) is 35.9 Å². The van der Waals surface area contributed by atoms with E-state index in [0.717, 1.165) is 17.2 Å². The van der Waals surface area contributed by atoms with Crippen LogP contribution in [0.4, 0.5) is 35.5 Å². The summed E-state index contributed by atoms with van der Waals surface area (Å²) in [6.07, 6.45) is -9.34. The van der Waals surface area contributed by atoms with Gasteiger partial charge in [0.05, 0.1) is 37.0 Å². The molecule has 14 heteroatoms. The highest BCUT2D eigenvalue weighted by Gasteiger charge is 2.44. The number of pyridine rings is 1. The molecule has 2 heterocycles. The first kappa shape index (κ1) is 35.7. The molecule has 1 amide bonds. The average Bonchev–Trinajstić information content (AvgIpc) is 3.31. The van der Waals surface area contributed by atoms with E-state index < -0.39 is 59.1 Å². The van der Waals surface area contributed by atoms with Crippen LogP contribution in [0.3, 0.4) is 0 Å².